The highest BCUT2D eigenvalue weighted by Gasteiger charge is 2.44. The number of piperidine rings is 2. The number of aliphatic hydroxyl groups excluding tert-OH is 1. The molecule has 1 spiro atoms. The second-order valence-corrected chi connectivity index (χ2v) is 11.4. The standard InChI is InChI=1S/C27H36N4O3S/c32-17-18-35(34)29-22-7-8-24(25(20-22)31-15-11-27(9-10-27)12-16-31)28-26(33)21-5-4-6-23(19-21)30-13-2-1-3-14-30/h4-8,19-20,29,32H,1-3,9-18H2,(H,28,33). The number of anilines is 4. The van der Waals surface area contributed by atoms with Crippen molar-refractivity contribution in [2.75, 3.05) is 58.4 Å². The third-order valence-electron chi connectivity index (χ3n) is 7.71. The quantitative estimate of drug-likeness (QED) is 0.505. The molecule has 0 radical (unpaired) electrons. The van der Waals surface area contributed by atoms with Gasteiger partial charge in [-0.2, -0.15) is 0 Å². The number of nitrogens with zero attached hydrogens (tertiary/aromatic N) is 2. The molecular weight excluding hydrogens is 460 g/mol. The molecule has 2 aromatic carbocycles. The van der Waals surface area contributed by atoms with Crippen molar-refractivity contribution in [1.82, 2.24) is 0 Å². The monoisotopic (exact) mass is 496 g/mol. The molecule has 3 aliphatic rings. The molecule has 1 saturated carbocycles. The van der Waals surface area contributed by atoms with E-state index in [0.29, 0.717) is 11.0 Å². The first-order valence-electron chi connectivity index (χ1n) is 12.9. The van der Waals surface area contributed by atoms with Crippen LogP contribution in [0.3, 0.4) is 0 Å². The zero-order chi connectivity index (χ0) is 24.3. The molecule has 0 bridgehead atoms. The molecule has 3 N–H and O–H groups in total. The summed E-state index contributed by atoms with van der Waals surface area (Å²) in [7, 11) is -1.35. The van der Waals surface area contributed by atoms with Crippen LogP contribution in [0.1, 0.15) is 55.3 Å². The van der Waals surface area contributed by atoms with Crippen LogP contribution in [0.4, 0.5) is 22.7 Å². The third-order valence-corrected chi connectivity index (χ3v) is 8.72. The van der Waals surface area contributed by atoms with Gasteiger partial charge in [0.05, 0.1) is 23.7 Å². The fourth-order valence-electron chi connectivity index (χ4n) is 5.32. The second kappa shape index (κ2) is 10.6. The van der Waals surface area contributed by atoms with Crippen LogP contribution in [-0.2, 0) is 11.0 Å². The van der Waals surface area contributed by atoms with Gasteiger partial charge in [-0.3, -0.25) is 4.79 Å². The van der Waals surface area contributed by atoms with E-state index in [4.69, 9.17) is 5.11 Å². The summed E-state index contributed by atoms with van der Waals surface area (Å²) in [4.78, 5) is 18.0. The molecule has 8 heteroatoms. The number of carbonyl (C=O) groups is 1. The van der Waals surface area contributed by atoms with E-state index in [1.165, 1.54) is 44.9 Å². The number of nitrogens with one attached hydrogen (secondary N) is 2. The van der Waals surface area contributed by atoms with Gasteiger partial charge in [0, 0.05) is 43.1 Å². The summed E-state index contributed by atoms with van der Waals surface area (Å²) in [6, 6.07) is 13.6. The van der Waals surface area contributed by atoms with Crippen molar-refractivity contribution in [2.45, 2.75) is 44.9 Å². The molecule has 35 heavy (non-hydrogen) atoms. The van der Waals surface area contributed by atoms with Crippen LogP contribution >= 0.6 is 0 Å². The van der Waals surface area contributed by atoms with Gasteiger partial charge < -0.3 is 24.9 Å². The predicted octanol–water partition coefficient (Wildman–Crippen LogP) is 4.38. The number of hydrogen-bond acceptors (Lipinski definition) is 5. The minimum atomic E-state index is -1.35. The van der Waals surface area contributed by atoms with E-state index >= 15 is 0 Å². The lowest BCUT2D eigenvalue weighted by Crippen LogP contribution is -2.35. The van der Waals surface area contributed by atoms with Crippen molar-refractivity contribution in [3.05, 3.63) is 48.0 Å². The minimum absolute atomic E-state index is 0.120. The molecule has 2 aromatic rings. The molecule has 1 unspecified atom stereocenters. The fraction of sp³-hybridized carbons (Fsp3) is 0.519. The van der Waals surface area contributed by atoms with Gasteiger partial charge in [0.2, 0.25) is 0 Å². The molecule has 3 fully saturated rings. The lowest BCUT2D eigenvalue weighted by atomic mass is 9.93. The minimum Gasteiger partial charge on any atom is -0.395 e. The van der Waals surface area contributed by atoms with Crippen molar-refractivity contribution in [3.63, 3.8) is 0 Å². The maximum absolute atomic E-state index is 13.3. The Labute approximate surface area is 210 Å². The first-order chi connectivity index (χ1) is 17.0. The first-order valence-corrected chi connectivity index (χ1v) is 14.2. The summed E-state index contributed by atoms with van der Waals surface area (Å²) in [6.45, 7) is 3.86. The highest BCUT2D eigenvalue weighted by atomic mass is 32.2. The second-order valence-electron chi connectivity index (χ2n) is 10.1. The topological polar surface area (TPSA) is 84.9 Å². The molecule has 2 saturated heterocycles. The van der Waals surface area contributed by atoms with Crippen molar-refractivity contribution in [3.8, 4) is 0 Å². The summed E-state index contributed by atoms with van der Waals surface area (Å²) < 4.78 is 15.1. The maximum Gasteiger partial charge on any atom is 0.255 e. The summed E-state index contributed by atoms with van der Waals surface area (Å²) in [5, 5.41) is 12.2. The number of hydrogen-bond donors (Lipinski definition) is 3. The first kappa shape index (κ1) is 24.1. The Morgan fingerprint density at radius 2 is 1.71 bits per heavy atom. The van der Waals surface area contributed by atoms with Crippen LogP contribution < -0.4 is 19.8 Å². The number of rotatable bonds is 8. The van der Waals surface area contributed by atoms with Crippen LogP contribution in [0, 0.1) is 5.41 Å². The Morgan fingerprint density at radius 1 is 0.943 bits per heavy atom. The average molecular weight is 497 g/mol. The SMILES string of the molecule is O=C(Nc1ccc(NS(=O)CCO)cc1N1CCC2(CC1)CC2)c1cccc(N2CCCCC2)c1. The van der Waals surface area contributed by atoms with Crippen molar-refractivity contribution < 1.29 is 14.1 Å². The largest absolute Gasteiger partial charge is 0.395 e. The van der Waals surface area contributed by atoms with Gasteiger partial charge in [0.25, 0.3) is 5.91 Å². The van der Waals surface area contributed by atoms with E-state index in [9.17, 15) is 9.00 Å². The number of aliphatic hydroxyl groups is 1. The van der Waals surface area contributed by atoms with Crippen LogP contribution in [-0.4, -0.2) is 53.8 Å². The molecule has 188 valence electrons. The average Bonchev–Trinajstić information content (AvgIpc) is 3.65. The molecule has 0 aromatic heterocycles. The summed E-state index contributed by atoms with van der Waals surface area (Å²) in [5.41, 5.74) is 4.75. The van der Waals surface area contributed by atoms with E-state index in [1.807, 2.05) is 36.4 Å². The van der Waals surface area contributed by atoms with Gasteiger partial charge in [-0.1, -0.05) is 6.07 Å². The normalized spacial score (nSPS) is 19.9. The lowest BCUT2D eigenvalue weighted by Gasteiger charge is -2.35. The molecule has 7 nitrogen and oxygen atoms in total. The van der Waals surface area contributed by atoms with Gasteiger partial charge in [0.1, 0.15) is 11.0 Å². The van der Waals surface area contributed by atoms with Crippen molar-refractivity contribution in [1.29, 1.82) is 0 Å². The Bertz CT molecular complexity index is 1070. The smallest absolute Gasteiger partial charge is 0.255 e. The van der Waals surface area contributed by atoms with Crippen LogP contribution in [0.25, 0.3) is 0 Å². The molecule has 1 atom stereocenters. The summed E-state index contributed by atoms with van der Waals surface area (Å²) in [5.74, 6) is 0.0540. The maximum atomic E-state index is 13.3. The summed E-state index contributed by atoms with van der Waals surface area (Å²) >= 11 is 0. The zero-order valence-electron chi connectivity index (χ0n) is 20.3. The summed E-state index contributed by atoms with van der Waals surface area (Å²) in [6.07, 6.45) is 8.67. The molecule has 1 amide bonds. The third kappa shape index (κ3) is 5.81. The number of amides is 1. The highest BCUT2D eigenvalue weighted by molar-refractivity contribution is 7.86. The lowest BCUT2D eigenvalue weighted by molar-refractivity contribution is 0.102. The van der Waals surface area contributed by atoms with Crippen LogP contribution in [0.5, 0.6) is 0 Å². The van der Waals surface area contributed by atoms with Crippen molar-refractivity contribution in [2.24, 2.45) is 5.41 Å². The Balaban J connectivity index is 1.36. The predicted molar refractivity (Wildman–Crippen MR) is 144 cm³/mol. The number of carbonyl (C=O) groups excluding carboxylic acids is 1. The van der Waals surface area contributed by atoms with Gasteiger partial charge in [-0.05, 0) is 86.8 Å². The van der Waals surface area contributed by atoms with Gasteiger partial charge in [-0.25, -0.2) is 4.21 Å². The molecule has 1 aliphatic carbocycles. The van der Waals surface area contributed by atoms with Gasteiger partial charge in [0.15, 0.2) is 0 Å². The number of benzene rings is 2. The Kier molecular flexibility index (Phi) is 7.29. The molecular formula is C27H36N4O3S. The molecule has 5 rings (SSSR count). The van der Waals surface area contributed by atoms with E-state index in [0.717, 1.165) is 48.9 Å². The van der Waals surface area contributed by atoms with Crippen LogP contribution in [0.15, 0.2) is 42.5 Å². The fourth-order valence-corrected chi connectivity index (χ4v) is 5.97. The molecule has 2 aliphatic heterocycles. The van der Waals surface area contributed by atoms with Crippen LogP contribution in [0.2, 0.25) is 0 Å². The highest BCUT2D eigenvalue weighted by Crippen LogP contribution is 2.54. The zero-order valence-corrected chi connectivity index (χ0v) is 21.1. The Hall–Kier alpha value is -2.58. The van der Waals surface area contributed by atoms with Gasteiger partial charge in [-0.15, -0.1) is 0 Å². The molecule has 2 heterocycles. The van der Waals surface area contributed by atoms with E-state index < -0.39 is 11.0 Å². The van der Waals surface area contributed by atoms with E-state index in [2.05, 4.69) is 25.9 Å². The van der Waals surface area contributed by atoms with E-state index in [-0.39, 0.29) is 18.3 Å². The Morgan fingerprint density at radius 3 is 2.43 bits per heavy atom. The van der Waals surface area contributed by atoms with Gasteiger partial charge >= 0.3 is 0 Å². The van der Waals surface area contributed by atoms with Crippen molar-refractivity contribution >= 4 is 39.6 Å². The van der Waals surface area contributed by atoms with E-state index in [1.54, 1.807) is 0 Å².